The Balaban J connectivity index is 2.24. The molecule has 0 spiro atoms. The lowest BCUT2D eigenvalue weighted by molar-refractivity contribution is 0.273. The van der Waals surface area contributed by atoms with Crippen LogP contribution in [-0.4, -0.2) is 31.1 Å². The van der Waals surface area contributed by atoms with E-state index in [1.807, 2.05) is 18.2 Å². The molecule has 0 radical (unpaired) electrons. The van der Waals surface area contributed by atoms with Gasteiger partial charge in [0.25, 0.3) is 0 Å². The number of halogens is 1. The van der Waals surface area contributed by atoms with E-state index in [2.05, 4.69) is 37.2 Å². The molecule has 90 valence electrons. The zero-order valence-corrected chi connectivity index (χ0v) is 11.1. The Kier molecular flexibility index (Phi) is 5.81. The van der Waals surface area contributed by atoms with Gasteiger partial charge in [-0.25, -0.2) is 0 Å². The topological polar surface area (TPSA) is 15.3 Å². The average molecular weight is 241 g/mol. The minimum atomic E-state index is 0.599. The van der Waals surface area contributed by atoms with E-state index in [0.29, 0.717) is 6.04 Å². The van der Waals surface area contributed by atoms with Crippen LogP contribution in [0.4, 0.5) is 0 Å². The summed E-state index contributed by atoms with van der Waals surface area (Å²) in [5.41, 5.74) is 1.16. The Morgan fingerprint density at radius 3 is 2.62 bits per heavy atom. The van der Waals surface area contributed by atoms with E-state index in [9.17, 15) is 0 Å². The first kappa shape index (κ1) is 13.5. The van der Waals surface area contributed by atoms with Crippen molar-refractivity contribution in [3.05, 3.63) is 34.9 Å². The third-order valence-corrected chi connectivity index (χ3v) is 3.16. The van der Waals surface area contributed by atoms with Crippen molar-refractivity contribution in [2.24, 2.45) is 0 Å². The highest BCUT2D eigenvalue weighted by Crippen LogP contribution is 2.13. The van der Waals surface area contributed by atoms with Crippen LogP contribution < -0.4 is 5.32 Å². The summed E-state index contributed by atoms with van der Waals surface area (Å²) in [6.45, 7) is 7.29. The molecule has 16 heavy (non-hydrogen) atoms. The van der Waals surface area contributed by atoms with Crippen LogP contribution in [0.3, 0.4) is 0 Å². The van der Waals surface area contributed by atoms with Crippen molar-refractivity contribution >= 4 is 11.6 Å². The van der Waals surface area contributed by atoms with Gasteiger partial charge in [0.15, 0.2) is 0 Å². The molecule has 0 aromatic heterocycles. The Bertz CT molecular complexity index is 313. The van der Waals surface area contributed by atoms with Gasteiger partial charge in [-0.05, 0) is 32.5 Å². The van der Waals surface area contributed by atoms with Crippen LogP contribution in [0, 0.1) is 0 Å². The van der Waals surface area contributed by atoms with Crippen molar-refractivity contribution in [3.8, 4) is 0 Å². The largest absolute Gasteiger partial charge is 0.311 e. The van der Waals surface area contributed by atoms with Crippen LogP contribution in [0.2, 0.25) is 5.02 Å². The monoisotopic (exact) mass is 240 g/mol. The predicted molar refractivity (Wildman–Crippen MR) is 70.9 cm³/mol. The number of nitrogens with zero attached hydrogens (tertiary/aromatic N) is 1. The Morgan fingerprint density at radius 2 is 2.00 bits per heavy atom. The molecule has 0 bridgehead atoms. The summed E-state index contributed by atoms with van der Waals surface area (Å²) in [5, 5.41) is 4.24. The number of hydrogen-bond acceptors (Lipinski definition) is 2. The van der Waals surface area contributed by atoms with Crippen LogP contribution in [0.1, 0.15) is 19.4 Å². The predicted octanol–water partition coefficient (Wildman–Crippen LogP) is 2.77. The molecule has 0 amide bonds. The van der Waals surface area contributed by atoms with Crippen LogP contribution in [0.25, 0.3) is 0 Å². The first-order valence-corrected chi connectivity index (χ1v) is 6.13. The van der Waals surface area contributed by atoms with Crippen LogP contribution in [0.5, 0.6) is 0 Å². The molecule has 0 heterocycles. The third kappa shape index (κ3) is 4.52. The number of hydrogen-bond donors (Lipinski definition) is 1. The molecule has 1 aromatic rings. The van der Waals surface area contributed by atoms with Gasteiger partial charge in [-0.15, -0.1) is 0 Å². The minimum Gasteiger partial charge on any atom is -0.311 e. The summed E-state index contributed by atoms with van der Waals surface area (Å²) >= 11 is 6.07. The maximum absolute atomic E-state index is 6.07. The van der Waals surface area contributed by atoms with E-state index in [4.69, 9.17) is 11.6 Å². The summed E-state index contributed by atoms with van der Waals surface area (Å²) in [6, 6.07) is 8.56. The molecule has 3 heteroatoms. The third-order valence-electron chi connectivity index (χ3n) is 2.80. The Hall–Kier alpha value is -0.570. The molecule has 0 aliphatic carbocycles. The zero-order chi connectivity index (χ0) is 12.0. The van der Waals surface area contributed by atoms with Gasteiger partial charge in [-0.2, -0.15) is 0 Å². The second-order valence-corrected chi connectivity index (χ2v) is 4.75. The van der Waals surface area contributed by atoms with Crippen LogP contribution in [0.15, 0.2) is 24.3 Å². The van der Waals surface area contributed by atoms with E-state index in [-0.39, 0.29) is 0 Å². The van der Waals surface area contributed by atoms with Gasteiger partial charge in [0.05, 0.1) is 0 Å². The fraction of sp³-hybridized carbons (Fsp3) is 0.538. The van der Waals surface area contributed by atoms with E-state index >= 15 is 0 Å². The molecule has 0 aliphatic heterocycles. The van der Waals surface area contributed by atoms with Crippen molar-refractivity contribution < 1.29 is 0 Å². The van der Waals surface area contributed by atoms with Gasteiger partial charge >= 0.3 is 0 Å². The molecule has 0 atom stereocenters. The number of rotatable bonds is 6. The lowest BCUT2D eigenvalue weighted by Crippen LogP contribution is -2.33. The first-order valence-electron chi connectivity index (χ1n) is 5.75. The van der Waals surface area contributed by atoms with Crippen molar-refractivity contribution in [1.29, 1.82) is 0 Å². The van der Waals surface area contributed by atoms with Crippen LogP contribution in [-0.2, 0) is 6.54 Å². The smallest absolute Gasteiger partial charge is 0.0450 e. The molecule has 0 aliphatic rings. The molecule has 1 N–H and O–H groups in total. The highest BCUT2D eigenvalue weighted by molar-refractivity contribution is 6.31. The molecular formula is C13H21ClN2. The molecule has 0 fully saturated rings. The summed E-state index contributed by atoms with van der Waals surface area (Å²) in [4.78, 5) is 2.32. The maximum atomic E-state index is 6.07. The van der Waals surface area contributed by atoms with E-state index in [1.54, 1.807) is 0 Å². The summed E-state index contributed by atoms with van der Waals surface area (Å²) in [5.74, 6) is 0. The van der Waals surface area contributed by atoms with Crippen LogP contribution >= 0.6 is 11.6 Å². The Morgan fingerprint density at radius 1 is 1.31 bits per heavy atom. The fourth-order valence-electron chi connectivity index (χ4n) is 1.38. The highest BCUT2D eigenvalue weighted by atomic mass is 35.5. The van der Waals surface area contributed by atoms with Gasteiger partial charge in [0.2, 0.25) is 0 Å². The van der Waals surface area contributed by atoms with Gasteiger partial charge < -0.3 is 10.2 Å². The van der Waals surface area contributed by atoms with E-state index in [1.165, 1.54) is 0 Å². The zero-order valence-electron chi connectivity index (χ0n) is 10.3. The molecule has 1 aromatic carbocycles. The molecule has 0 unspecified atom stereocenters. The van der Waals surface area contributed by atoms with Gasteiger partial charge in [0, 0.05) is 30.7 Å². The summed E-state index contributed by atoms with van der Waals surface area (Å²) in [6.07, 6.45) is 0. The lowest BCUT2D eigenvalue weighted by atomic mass is 10.2. The second kappa shape index (κ2) is 6.89. The molecule has 2 nitrogen and oxygen atoms in total. The standard InChI is InChI=1S/C13H21ClN2/c1-11(2)16(3)9-8-15-10-12-6-4-5-7-13(12)14/h4-7,11,15H,8-10H2,1-3H3. The first-order chi connectivity index (χ1) is 7.61. The maximum Gasteiger partial charge on any atom is 0.0450 e. The van der Waals surface area contributed by atoms with Crippen molar-refractivity contribution in [1.82, 2.24) is 10.2 Å². The van der Waals surface area contributed by atoms with Gasteiger partial charge in [0.1, 0.15) is 0 Å². The van der Waals surface area contributed by atoms with E-state index < -0.39 is 0 Å². The fourth-order valence-corrected chi connectivity index (χ4v) is 1.58. The summed E-state index contributed by atoms with van der Waals surface area (Å²) < 4.78 is 0. The second-order valence-electron chi connectivity index (χ2n) is 4.34. The van der Waals surface area contributed by atoms with Gasteiger partial charge in [-0.3, -0.25) is 0 Å². The normalized spacial score (nSPS) is 11.4. The minimum absolute atomic E-state index is 0.599. The number of nitrogens with one attached hydrogen (secondary N) is 1. The Labute approximate surface area is 104 Å². The highest BCUT2D eigenvalue weighted by Gasteiger charge is 2.02. The lowest BCUT2D eigenvalue weighted by Gasteiger charge is -2.21. The number of benzene rings is 1. The quantitative estimate of drug-likeness (QED) is 0.770. The van der Waals surface area contributed by atoms with Crippen molar-refractivity contribution in [2.45, 2.75) is 26.4 Å². The molecule has 0 saturated carbocycles. The van der Waals surface area contributed by atoms with E-state index in [0.717, 1.165) is 30.2 Å². The average Bonchev–Trinajstić information content (AvgIpc) is 2.26. The molecule has 1 rings (SSSR count). The molecule has 0 saturated heterocycles. The van der Waals surface area contributed by atoms with Crippen molar-refractivity contribution in [2.75, 3.05) is 20.1 Å². The summed E-state index contributed by atoms with van der Waals surface area (Å²) in [7, 11) is 2.14. The van der Waals surface area contributed by atoms with Crippen molar-refractivity contribution in [3.63, 3.8) is 0 Å². The number of likely N-dealkylation sites (N-methyl/N-ethyl adjacent to an activating group) is 1. The molecular weight excluding hydrogens is 220 g/mol. The SMILES string of the molecule is CC(C)N(C)CCNCc1ccccc1Cl. The van der Waals surface area contributed by atoms with Gasteiger partial charge in [-0.1, -0.05) is 29.8 Å².